The first-order valence-electron chi connectivity index (χ1n) is 10.7. The van der Waals surface area contributed by atoms with Crippen molar-refractivity contribution in [1.29, 1.82) is 0 Å². The van der Waals surface area contributed by atoms with Crippen molar-refractivity contribution < 1.29 is 13.0 Å². The van der Waals surface area contributed by atoms with Gasteiger partial charge in [0, 0.05) is 0 Å². The molecule has 1 aliphatic rings. The zero-order chi connectivity index (χ0) is 22.2. The lowest BCUT2D eigenvalue weighted by Gasteiger charge is -2.30. The van der Waals surface area contributed by atoms with E-state index in [9.17, 15) is 13.0 Å². The second-order valence-electron chi connectivity index (χ2n) is 8.07. The molecule has 0 heterocycles. The normalized spacial score (nSPS) is 13.7. The molecule has 1 aliphatic carbocycles. The Morgan fingerprint density at radius 2 is 1.19 bits per heavy atom. The zero-order valence-electron chi connectivity index (χ0n) is 17.5. The van der Waals surface area contributed by atoms with Crippen molar-refractivity contribution in [3.05, 3.63) is 114 Å². The highest BCUT2D eigenvalue weighted by molar-refractivity contribution is 8.02. The molecule has 0 radical (unpaired) electrons. The van der Waals surface area contributed by atoms with Gasteiger partial charge < -0.3 is 4.55 Å². The van der Waals surface area contributed by atoms with Crippen molar-refractivity contribution in [2.75, 3.05) is 0 Å². The van der Waals surface area contributed by atoms with Gasteiger partial charge in [-0.25, -0.2) is 8.42 Å². The van der Waals surface area contributed by atoms with Gasteiger partial charge in [0.15, 0.2) is 0 Å². The average Bonchev–Trinajstić information content (AvgIpc) is 3.29. The maximum atomic E-state index is 12.4. The highest BCUT2D eigenvalue weighted by Crippen LogP contribution is 2.55. The number of benzene rings is 4. The lowest BCUT2D eigenvalue weighted by atomic mass is 10.1. The maximum absolute atomic E-state index is 12.4. The van der Waals surface area contributed by atoms with E-state index < -0.39 is 17.4 Å². The molecule has 4 aromatic rings. The molecule has 0 spiro atoms. The summed E-state index contributed by atoms with van der Waals surface area (Å²) in [5.41, 5.74) is 2.68. The van der Waals surface area contributed by atoms with E-state index in [1.54, 1.807) is 6.07 Å². The second kappa shape index (κ2) is 8.29. The lowest BCUT2D eigenvalue weighted by Crippen LogP contribution is -2.40. The molecule has 32 heavy (non-hydrogen) atoms. The van der Waals surface area contributed by atoms with E-state index in [-0.39, 0.29) is 4.90 Å². The van der Waals surface area contributed by atoms with E-state index >= 15 is 0 Å². The van der Waals surface area contributed by atoms with E-state index in [4.69, 9.17) is 0 Å². The van der Waals surface area contributed by atoms with Crippen molar-refractivity contribution in [1.82, 2.24) is 0 Å². The summed E-state index contributed by atoms with van der Waals surface area (Å²) < 4.78 is 37.3. The van der Waals surface area contributed by atoms with Crippen molar-refractivity contribution in [3.63, 3.8) is 0 Å². The zero-order valence-corrected chi connectivity index (χ0v) is 19.2. The van der Waals surface area contributed by atoms with Gasteiger partial charge in [0.1, 0.15) is 38.6 Å². The maximum Gasteiger partial charge on any atom is 0.145 e. The van der Waals surface area contributed by atoms with Gasteiger partial charge in [-0.2, -0.15) is 0 Å². The third-order valence-electron chi connectivity index (χ3n) is 6.25. The molecule has 0 atom stereocenters. The van der Waals surface area contributed by atoms with E-state index in [0.717, 1.165) is 35.2 Å². The molecule has 0 aromatic heterocycles. The Kier molecular flexibility index (Phi) is 5.46. The molecule has 0 N–H and O–H groups in total. The van der Waals surface area contributed by atoms with Gasteiger partial charge in [-0.1, -0.05) is 54.6 Å². The average molecular weight is 459 g/mol. The van der Waals surface area contributed by atoms with Gasteiger partial charge in [-0.3, -0.25) is 0 Å². The van der Waals surface area contributed by atoms with Crippen LogP contribution in [0, 0.1) is 0 Å². The summed E-state index contributed by atoms with van der Waals surface area (Å²) in [5, 5.41) is 3.72. The first-order chi connectivity index (χ1) is 15.5. The number of hydrogen-bond acceptors (Lipinski definition) is 3. The summed E-state index contributed by atoms with van der Waals surface area (Å²) in [5.74, 6) is 0. The first kappa shape index (κ1) is 21.1. The molecule has 0 bridgehead atoms. The number of fused-ring (bicyclic) bond motifs is 1. The van der Waals surface area contributed by atoms with Gasteiger partial charge in [0.05, 0.1) is 4.90 Å². The molecule has 0 fully saturated rings. The number of hydrogen-bond donors (Lipinski definition) is 0. The number of rotatable bonds is 5. The predicted octanol–water partition coefficient (Wildman–Crippen LogP) is 3.70. The van der Waals surface area contributed by atoms with Crippen LogP contribution in [0.2, 0.25) is 0 Å². The van der Waals surface area contributed by atoms with Crippen LogP contribution in [0.3, 0.4) is 0 Å². The van der Waals surface area contributed by atoms with Crippen LogP contribution >= 0.6 is 7.26 Å². The highest BCUT2D eigenvalue weighted by atomic mass is 32.2. The van der Waals surface area contributed by atoms with E-state index in [2.05, 4.69) is 42.5 Å². The fourth-order valence-electron chi connectivity index (χ4n) is 4.88. The quantitative estimate of drug-likeness (QED) is 0.339. The van der Waals surface area contributed by atoms with E-state index in [0.29, 0.717) is 5.30 Å². The SMILES string of the molecule is O=S(=O)([O-])c1ccccc1[P+](c1ccccc1)(c1ccccc1)c1ccc2c(c1)CCC2. The van der Waals surface area contributed by atoms with Crippen LogP contribution in [0.5, 0.6) is 0 Å². The topological polar surface area (TPSA) is 57.2 Å². The van der Waals surface area contributed by atoms with Gasteiger partial charge >= 0.3 is 0 Å². The molecule has 3 nitrogen and oxygen atoms in total. The van der Waals surface area contributed by atoms with E-state index in [1.165, 1.54) is 17.2 Å². The van der Waals surface area contributed by atoms with Crippen LogP contribution in [-0.2, 0) is 23.0 Å². The molecule has 0 unspecified atom stereocenters. The minimum absolute atomic E-state index is 0.137. The molecule has 0 aliphatic heterocycles. The molecular weight excluding hydrogens is 435 g/mol. The Hall–Kier alpha value is -2.78. The summed E-state index contributed by atoms with van der Waals surface area (Å²) >= 11 is 0. The minimum Gasteiger partial charge on any atom is -0.744 e. The van der Waals surface area contributed by atoms with Crippen LogP contribution in [0.15, 0.2) is 108 Å². The largest absolute Gasteiger partial charge is 0.744 e. The predicted molar refractivity (Wildman–Crippen MR) is 131 cm³/mol. The van der Waals surface area contributed by atoms with Crippen LogP contribution in [0.25, 0.3) is 0 Å². The van der Waals surface area contributed by atoms with Crippen LogP contribution in [0.1, 0.15) is 17.5 Å². The smallest absolute Gasteiger partial charge is 0.145 e. The molecule has 0 saturated carbocycles. The monoisotopic (exact) mass is 458 g/mol. The van der Waals surface area contributed by atoms with Gasteiger partial charge in [0.25, 0.3) is 0 Å². The number of aryl methyl sites for hydroxylation is 2. The third-order valence-corrected chi connectivity index (χ3v) is 11.6. The Balaban J connectivity index is 1.96. The first-order valence-corrected chi connectivity index (χ1v) is 13.9. The van der Waals surface area contributed by atoms with E-state index in [1.807, 2.05) is 48.5 Å². The summed E-state index contributed by atoms with van der Waals surface area (Å²) in [6.45, 7) is 0. The molecular formula is C27H23O3PS. The van der Waals surface area contributed by atoms with Crippen LogP contribution in [-0.4, -0.2) is 13.0 Å². The Morgan fingerprint density at radius 3 is 1.81 bits per heavy atom. The summed E-state index contributed by atoms with van der Waals surface area (Å²) in [6, 6.07) is 33.4. The molecule has 4 aromatic carbocycles. The standard InChI is InChI=1S/C27H23O3PS/c28-32(29,30)27-17-8-7-16-26(27)31(23-12-3-1-4-13-23,24-14-5-2-6-15-24)25-19-18-21-10-9-11-22(21)20-25/h1-8,12-20H,9-11H2. The van der Waals surface area contributed by atoms with Crippen molar-refractivity contribution in [2.45, 2.75) is 24.2 Å². The van der Waals surface area contributed by atoms with Gasteiger partial charge in [-0.05, 0) is 78.9 Å². The molecule has 5 rings (SSSR count). The van der Waals surface area contributed by atoms with Crippen molar-refractivity contribution >= 4 is 38.6 Å². The van der Waals surface area contributed by atoms with Gasteiger partial charge in [0.2, 0.25) is 0 Å². The van der Waals surface area contributed by atoms with Crippen LogP contribution < -0.4 is 21.2 Å². The highest BCUT2D eigenvalue weighted by Gasteiger charge is 2.50. The fourth-order valence-corrected chi connectivity index (χ4v) is 10.5. The summed E-state index contributed by atoms with van der Waals surface area (Å²) in [6.07, 6.45) is 3.23. The molecule has 160 valence electrons. The molecule has 0 saturated heterocycles. The fraction of sp³-hybridized carbons (Fsp3) is 0.111. The van der Waals surface area contributed by atoms with Gasteiger partial charge in [-0.15, -0.1) is 0 Å². The Bertz CT molecular complexity index is 1330. The lowest BCUT2D eigenvalue weighted by molar-refractivity contribution is 0.463. The Morgan fingerprint density at radius 1 is 0.625 bits per heavy atom. The van der Waals surface area contributed by atoms with Crippen molar-refractivity contribution in [3.8, 4) is 0 Å². The second-order valence-corrected chi connectivity index (χ2v) is 12.8. The van der Waals surface area contributed by atoms with Crippen molar-refractivity contribution in [2.24, 2.45) is 0 Å². The van der Waals surface area contributed by atoms with Crippen LogP contribution in [0.4, 0.5) is 0 Å². The molecule has 0 amide bonds. The Labute approximate surface area is 189 Å². The summed E-state index contributed by atoms with van der Waals surface area (Å²) in [7, 11) is -7.33. The summed E-state index contributed by atoms with van der Waals surface area (Å²) in [4.78, 5) is -0.137. The third kappa shape index (κ3) is 3.49. The molecule has 5 heteroatoms. The minimum atomic E-state index is -4.67.